The van der Waals surface area contributed by atoms with E-state index in [1.165, 1.54) is 12.1 Å². The van der Waals surface area contributed by atoms with Gasteiger partial charge in [0.25, 0.3) is 0 Å². The van der Waals surface area contributed by atoms with Gasteiger partial charge in [-0.15, -0.1) is 0 Å². The molecule has 0 fully saturated rings. The maximum absolute atomic E-state index is 11.4. The molecule has 14 heavy (non-hydrogen) atoms. The van der Waals surface area contributed by atoms with E-state index in [-0.39, 0.29) is 22.0 Å². The van der Waals surface area contributed by atoms with Crippen molar-refractivity contribution >= 4 is 16.1 Å². The summed E-state index contributed by atoms with van der Waals surface area (Å²) in [5, 5.41) is 9.32. The topological polar surface area (TPSA) is 71.4 Å². The molecule has 0 saturated heterocycles. The Bertz CT molecular complexity index is 502. The van der Waals surface area contributed by atoms with Gasteiger partial charge in [-0.2, -0.15) is 0 Å². The van der Waals surface area contributed by atoms with E-state index >= 15 is 0 Å². The SMILES string of the molecule is O=Cc1c(O)ccc2c1CCS2(=O)=O. The molecule has 0 aromatic heterocycles. The Morgan fingerprint density at radius 3 is 2.71 bits per heavy atom. The van der Waals surface area contributed by atoms with Gasteiger partial charge in [-0.3, -0.25) is 4.79 Å². The summed E-state index contributed by atoms with van der Waals surface area (Å²) in [4.78, 5) is 10.8. The number of aromatic hydroxyl groups is 1. The lowest BCUT2D eigenvalue weighted by Crippen LogP contribution is -1.98. The normalized spacial score (nSPS) is 17.7. The summed E-state index contributed by atoms with van der Waals surface area (Å²) >= 11 is 0. The van der Waals surface area contributed by atoms with Crippen molar-refractivity contribution in [2.45, 2.75) is 11.3 Å². The molecule has 4 nitrogen and oxygen atoms in total. The van der Waals surface area contributed by atoms with Crippen molar-refractivity contribution in [2.24, 2.45) is 0 Å². The Hall–Kier alpha value is -1.36. The highest BCUT2D eigenvalue weighted by atomic mass is 32.2. The summed E-state index contributed by atoms with van der Waals surface area (Å²) < 4.78 is 22.9. The van der Waals surface area contributed by atoms with Crippen molar-refractivity contribution in [1.29, 1.82) is 0 Å². The molecule has 2 rings (SSSR count). The fraction of sp³-hybridized carbons (Fsp3) is 0.222. The van der Waals surface area contributed by atoms with Crippen molar-refractivity contribution in [2.75, 3.05) is 5.75 Å². The Morgan fingerprint density at radius 1 is 1.36 bits per heavy atom. The van der Waals surface area contributed by atoms with Crippen LogP contribution in [0, 0.1) is 0 Å². The Labute approximate surface area is 81.1 Å². The van der Waals surface area contributed by atoms with Crippen LogP contribution in [0.1, 0.15) is 15.9 Å². The van der Waals surface area contributed by atoms with Crippen LogP contribution in [0.2, 0.25) is 0 Å². The fourth-order valence-corrected chi connectivity index (χ4v) is 3.22. The van der Waals surface area contributed by atoms with Crippen LogP contribution in [0.3, 0.4) is 0 Å². The van der Waals surface area contributed by atoms with E-state index in [9.17, 15) is 18.3 Å². The van der Waals surface area contributed by atoms with Gasteiger partial charge in [-0.25, -0.2) is 8.42 Å². The number of rotatable bonds is 1. The maximum Gasteiger partial charge on any atom is 0.179 e. The third-order valence-corrected chi connectivity index (χ3v) is 4.16. The number of carbonyl (C=O) groups is 1. The smallest absolute Gasteiger partial charge is 0.179 e. The minimum atomic E-state index is -3.22. The number of benzene rings is 1. The Balaban J connectivity index is 2.80. The number of fused-ring (bicyclic) bond motifs is 1. The van der Waals surface area contributed by atoms with Crippen LogP contribution in [-0.2, 0) is 16.3 Å². The number of hydrogen-bond acceptors (Lipinski definition) is 4. The zero-order chi connectivity index (χ0) is 10.3. The van der Waals surface area contributed by atoms with Crippen LogP contribution in [0.25, 0.3) is 0 Å². The second kappa shape index (κ2) is 2.81. The van der Waals surface area contributed by atoms with Crippen LogP contribution < -0.4 is 0 Å². The molecule has 0 aliphatic carbocycles. The van der Waals surface area contributed by atoms with E-state index in [0.29, 0.717) is 18.3 Å². The molecule has 0 amide bonds. The lowest BCUT2D eigenvalue weighted by molar-refractivity contribution is 0.112. The van der Waals surface area contributed by atoms with Gasteiger partial charge in [-0.05, 0) is 24.1 Å². The van der Waals surface area contributed by atoms with Crippen LogP contribution in [0.4, 0.5) is 0 Å². The molecule has 0 bridgehead atoms. The van der Waals surface area contributed by atoms with Crippen molar-refractivity contribution in [3.63, 3.8) is 0 Å². The van der Waals surface area contributed by atoms with Crippen molar-refractivity contribution in [1.82, 2.24) is 0 Å². The molecular weight excluding hydrogens is 204 g/mol. The first-order chi connectivity index (χ1) is 6.56. The molecule has 0 spiro atoms. The van der Waals surface area contributed by atoms with E-state index in [1.807, 2.05) is 0 Å². The second-order valence-electron chi connectivity index (χ2n) is 3.16. The summed E-state index contributed by atoms with van der Waals surface area (Å²) in [6, 6.07) is 2.59. The molecule has 0 radical (unpaired) electrons. The summed E-state index contributed by atoms with van der Waals surface area (Å²) in [5.74, 6) is -0.136. The standard InChI is InChI=1S/C9H8O4S/c10-5-7-6-3-4-14(12,13)9(6)2-1-8(7)11/h1-2,5,11H,3-4H2. The Kier molecular flexibility index (Phi) is 1.85. The minimum Gasteiger partial charge on any atom is -0.507 e. The third-order valence-electron chi connectivity index (χ3n) is 2.36. The van der Waals surface area contributed by atoms with Gasteiger partial charge in [-0.1, -0.05) is 0 Å². The van der Waals surface area contributed by atoms with Gasteiger partial charge in [0.2, 0.25) is 0 Å². The summed E-state index contributed by atoms with van der Waals surface area (Å²) in [5.41, 5.74) is 0.545. The van der Waals surface area contributed by atoms with Gasteiger partial charge in [0.05, 0.1) is 16.2 Å². The van der Waals surface area contributed by atoms with Gasteiger partial charge in [0, 0.05) is 0 Å². The molecule has 0 unspecified atom stereocenters. The molecule has 74 valence electrons. The van der Waals surface area contributed by atoms with E-state index in [2.05, 4.69) is 0 Å². The zero-order valence-corrected chi connectivity index (χ0v) is 8.04. The van der Waals surface area contributed by atoms with Gasteiger partial charge in [0.15, 0.2) is 16.1 Å². The summed E-state index contributed by atoms with van der Waals surface area (Å²) in [7, 11) is -3.22. The summed E-state index contributed by atoms with van der Waals surface area (Å²) in [6.07, 6.45) is 0.801. The number of phenolic OH excluding ortho intramolecular Hbond substituents is 1. The highest BCUT2D eigenvalue weighted by Crippen LogP contribution is 2.32. The molecular formula is C9H8O4S. The lowest BCUT2D eigenvalue weighted by Gasteiger charge is -2.02. The Morgan fingerprint density at radius 2 is 2.07 bits per heavy atom. The molecule has 1 heterocycles. The zero-order valence-electron chi connectivity index (χ0n) is 7.23. The summed E-state index contributed by atoms with van der Waals surface area (Å²) in [6.45, 7) is 0. The largest absolute Gasteiger partial charge is 0.507 e. The highest BCUT2D eigenvalue weighted by molar-refractivity contribution is 7.91. The first-order valence-corrected chi connectivity index (χ1v) is 5.74. The van der Waals surface area contributed by atoms with Gasteiger partial charge < -0.3 is 5.11 Å². The van der Waals surface area contributed by atoms with E-state index < -0.39 is 9.84 Å². The lowest BCUT2D eigenvalue weighted by atomic mass is 10.1. The molecule has 1 aliphatic heterocycles. The molecule has 1 N–H and O–H groups in total. The molecule has 1 aromatic carbocycles. The van der Waals surface area contributed by atoms with E-state index in [0.717, 1.165) is 0 Å². The number of aldehydes is 1. The molecule has 1 aliphatic rings. The van der Waals surface area contributed by atoms with Crippen LogP contribution >= 0.6 is 0 Å². The maximum atomic E-state index is 11.4. The predicted molar refractivity (Wildman–Crippen MR) is 49.3 cm³/mol. The quantitative estimate of drug-likeness (QED) is 0.689. The van der Waals surface area contributed by atoms with Crippen molar-refractivity contribution < 1.29 is 18.3 Å². The van der Waals surface area contributed by atoms with Crippen LogP contribution in [0.15, 0.2) is 17.0 Å². The van der Waals surface area contributed by atoms with Crippen LogP contribution in [0.5, 0.6) is 5.75 Å². The van der Waals surface area contributed by atoms with Crippen LogP contribution in [-0.4, -0.2) is 25.6 Å². The van der Waals surface area contributed by atoms with E-state index in [1.54, 1.807) is 0 Å². The minimum absolute atomic E-state index is 0.0205. The molecule has 0 saturated carbocycles. The number of sulfone groups is 1. The van der Waals surface area contributed by atoms with Gasteiger partial charge in [0.1, 0.15) is 5.75 Å². The van der Waals surface area contributed by atoms with Gasteiger partial charge >= 0.3 is 0 Å². The fourth-order valence-electron chi connectivity index (χ4n) is 1.66. The molecule has 1 aromatic rings. The first kappa shape index (κ1) is 9.21. The number of phenols is 1. The average Bonchev–Trinajstić information content (AvgIpc) is 2.42. The van der Waals surface area contributed by atoms with Crippen molar-refractivity contribution in [3.8, 4) is 5.75 Å². The third kappa shape index (κ3) is 1.13. The molecule has 5 heteroatoms. The number of carbonyl (C=O) groups excluding carboxylic acids is 1. The number of hydrogen-bond donors (Lipinski definition) is 1. The highest BCUT2D eigenvalue weighted by Gasteiger charge is 2.29. The monoisotopic (exact) mass is 212 g/mol. The van der Waals surface area contributed by atoms with Crippen molar-refractivity contribution in [3.05, 3.63) is 23.3 Å². The second-order valence-corrected chi connectivity index (χ2v) is 5.24. The first-order valence-electron chi connectivity index (χ1n) is 4.09. The van der Waals surface area contributed by atoms with E-state index in [4.69, 9.17) is 0 Å². The average molecular weight is 212 g/mol. The molecule has 0 atom stereocenters. The predicted octanol–water partition coefficient (Wildman–Crippen LogP) is 0.535.